The van der Waals surface area contributed by atoms with Gasteiger partial charge in [-0.15, -0.1) is 11.3 Å². The van der Waals surface area contributed by atoms with E-state index in [1.807, 2.05) is 48.5 Å². The van der Waals surface area contributed by atoms with Gasteiger partial charge in [0.15, 0.2) is 11.6 Å². The van der Waals surface area contributed by atoms with Gasteiger partial charge in [-0.05, 0) is 11.6 Å². The summed E-state index contributed by atoms with van der Waals surface area (Å²) >= 11 is 0.960. The van der Waals surface area contributed by atoms with Gasteiger partial charge in [0.25, 0.3) is 0 Å². The predicted octanol–water partition coefficient (Wildman–Crippen LogP) is 2.44. The van der Waals surface area contributed by atoms with Crippen LogP contribution in [0.2, 0.25) is 0 Å². The van der Waals surface area contributed by atoms with E-state index in [2.05, 4.69) is 4.98 Å². The number of hydrogen-bond acceptors (Lipinski definition) is 6. The Labute approximate surface area is 142 Å². The number of aromatic nitrogens is 1. The molecule has 6 heteroatoms. The van der Waals surface area contributed by atoms with E-state index in [1.54, 1.807) is 6.07 Å². The molecule has 0 unspecified atom stereocenters. The summed E-state index contributed by atoms with van der Waals surface area (Å²) in [5.41, 5.74) is 1.61. The fraction of sp³-hybridized carbons (Fsp3) is 0.0556. The molecule has 120 valence electrons. The zero-order chi connectivity index (χ0) is 16.9. The second-order valence-corrected chi connectivity index (χ2v) is 5.76. The highest BCUT2D eigenvalue weighted by Crippen LogP contribution is 2.29. The average molecular weight is 338 g/mol. The van der Waals surface area contributed by atoms with Crippen molar-refractivity contribution in [2.24, 2.45) is 0 Å². The predicted molar refractivity (Wildman–Crippen MR) is 88.1 cm³/mol. The van der Waals surface area contributed by atoms with E-state index in [0.29, 0.717) is 5.75 Å². The lowest BCUT2D eigenvalue weighted by Crippen LogP contribution is -2.23. The van der Waals surface area contributed by atoms with Crippen LogP contribution in [0, 0.1) is 0 Å². The molecule has 2 aromatic carbocycles. The van der Waals surface area contributed by atoms with Crippen molar-refractivity contribution in [2.45, 2.75) is 0 Å². The molecule has 0 fully saturated rings. The van der Waals surface area contributed by atoms with Gasteiger partial charge in [-0.2, -0.15) is 0 Å². The minimum atomic E-state index is -1.40. The lowest BCUT2D eigenvalue weighted by Gasteiger charge is -2.10. The number of ether oxygens (including phenoxy) is 1. The standard InChI is InChI=1S/C18H13NO4S/c20-15(17-19-14(11-24-17)18(21)22)10-23-16-9-5-4-8-13(16)12-6-2-1-3-7-12/h1-9,11H,10H2,(H,21,22)/p-1. The van der Waals surface area contributed by atoms with E-state index in [-0.39, 0.29) is 23.1 Å². The first-order valence-corrected chi connectivity index (χ1v) is 8.00. The number of Topliss-reactive ketones (excluding diaryl/α,β-unsaturated/α-hetero) is 1. The molecule has 24 heavy (non-hydrogen) atoms. The number of rotatable bonds is 6. The van der Waals surface area contributed by atoms with Crippen LogP contribution in [0.5, 0.6) is 5.75 Å². The smallest absolute Gasteiger partial charge is 0.228 e. The van der Waals surface area contributed by atoms with Crippen molar-refractivity contribution in [2.75, 3.05) is 6.61 Å². The maximum absolute atomic E-state index is 12.1. The Balaban J connectivity index is 1.75. The van der Waals surface area contributed by atoms with Crippen LogP contribution in [0.1, 0.15) is 20.3 Å². The Hall–Kier alpha value is -2.99. The molecule has 0 aliphatic carbocycles. The fourth-order valence-corrected chi connectivity index (χ4v) is 2.86. The minimum absolute atomic E-state index is 0.0893. The maximum atomic E-state index is 12.1. The highest BCUT2D eigenvalue weighted by molar-refractivity contribution is 7.12. The van der Waals surface area contributed by atoms with Crippen molar-refractivity contribution >= 4 is 23.1 Å². The number of carboxylic acid groups (broad SMARTS) is 1. The summed E-state index contributed by atoms with van der Waals surface area (Å²) in [6, 6.07) is 17.1. The molecule has 3 aromatic rings. The Kier molecular flexibility index (Phi) is 4.67. The van der Waals surface area contributed by atoms with Gasteiger partial charge in [0.2, 0.25) is 5.78 Å². The van der Waals surface area contributed by atoms with E-state index in [0.717, 1.165) is 22.5 Å². The number of carbonyl (C=O) groups is 2. The van der Waals surface area contributed by atoms with Gasteiger partial charge in [-0.3, -0.25) is 4.79 Å². The third kappa shape index (κ3) is 3.49. The summed E-state index contributed by atoms with van der Waals surface area (Å²) in [5.74, 6) is -1.20. The van der Waals surface area contributed by atoms with Crippen LogP contribution in [0.4, 0.5) is 0 Å². The molecular weight excluding hydrogens is 326 g/mol. The number of thiazole rings is 1. The lowest BCUT2D eigenvalue weighted by molar-refractivity contribution is -0.255. The molecule has 0 aliphatic rings. The van der Waals surface area contributed by atoms with Crippen LogP contribution in [0.3, 0.4) is 0 Å². The molecule has 0 spiro atoms. The topological polar surface area (TPSA) is 79.3 Å². The first kappa shape index (κ1) is 15.9. The van der Waals surface area contributed by atoms with Crippen LogP contribution in [-0.2, 0) is 0 Å². The molecule has 0 atom stereocenters. The molecule has 0 saturated carbocycles. The first-order valence-electron chi connectivity index (χ1n) is 7.12. The summed E-state index contributed by atoms with van der Waals surface area (Å²) in [6.45, 7) is -0.218. The van der Waals surface area contributed by atoms with Gasteiger partial charge < -0.3 is 14.6 Å². The SMILES string of the molecule is O=C([O-])c1csc(C(=O)COc2ccccc2-c2ccccc2)n1. The molecule has 0 aliphatic heterocycles. The van der Waals surface area contributed by atoms with Gasteiger partial charge in [0.1, 0.15) is 5.75 Å². The highest BCUT2D eigenvalue weighted by atomic mass is 32.1. The van der Waals surface area contributed by atoms with Crippen LogP contribution < -0.4 is 9.84 Å². The Morgan fingerprint density at radius 3 is 2.46 bits per heavy atom. The maximum Gasteiger partial charge on any atom is 0.228 e. The summed E-state index contributed by atoms with van der Waals surface area (Å²) in [6.07, 6.45) is 0. The summed E-state index contributed by atoms with van der Waals surface area (Å²) in [5, 5.41) is 12.1. The Morgan fingerprint density at radius 1 is 1.04 bits per heavy atom. The molecule has 0 radical (unpaired) electrons. The van der Waals surface area contributed by atoms with Gasteiger partial charge in [-0.25, -0.2) is 4.98 Å². The lowest BCUT2D eigenvalue weighted by atomic mass is 10.1. The number of carboxylic acids is 1. The van der Waals surface area contributed by atoms with Gasteiger partial charge in [0, 0.05) is 10.9 Å². The zero-order valence-electron chi connectivity index (χ0n) is 12.5. The van der Waals surface area contributed by atoms with E-state index < -0.39 is 5.97 Å². The fourth-order valence-electron chi connectivity index (χ4n) is 2.15. The number of para-hydroxylation sites is 1. The average Bonchev–Trinajstić information content (AvgIpc) is 3.11. The van der Waals surface area contributed by atoms with Crippen LogP contribution in [0.15, 0.2) is 60.0 Å². The quantitative estimate of drug-likeness (QED) is 0.645. The third-order valence-electron chi connectivity index (χ3n) is 3.28. The number of hydrogen-bond donors (Lipinski definition) is 0. The van der Waals surface area contributed by atoms with Gasteiger partial charge in [0.05, 0.1) is 11.7 Å². The monoisotopic (exact) mass is 338 g/mol. The number of aromatic carboxylic acids is 1. The third-order valence-corrected chi connectivity index (χ3v) is 4.17. The molecule has 0 amide bonds. The van der Waals surface area contributed by atoms with Gasteiger partial charge in [-0.1, -0.05) is 48.5 Å². The Morgan fingerprint density at radius 2 is 1.75 bits per heavy atom. The van der Waals surface area contributed by atoms with E-state index in [4.69, 9.17) is 4.74 Å². The first-order chi connectivity index (χ1) is 11.6. The molecule has 1 aromatic heterocycles. The highest BCUT2D eigenvalue weighted by Gasteiger charge is 2.14. The van der Waals surface area contributed by atoms with Crippen molar-refractivity contribution in [3.05, 3.63) is 70.7 Å². The van der Waals surface area contributed by atoms with Crippen molar-refractivity contribution in [3.8, 4) is 16.9 Å². The molecule has 5 nitrogen and oxygen atoms in total. The number of carbonyl (C=O) groups excluding carboxylic acids is 2. The number of benzene rings is 2. The minimum Gasteiger partial charge on any atom is -0.543 e. The van der Waals surface area contributed by atoms with E-state index >= 15 is 0 Å². The van der Waals surface area contributed by atoms with Crippen molar-refractivity contribution in [1.29, 1.82) is 0 Å². The normalized spacial score (nSPS) is 10.3. The van der Waals surface area contributed by atoms with Crippen LogP contribution in [0.25, 0.3) is 11.1 Å². The van der Waals surface area contributed by atoms with Crippen molar-refractivity contribution in [3.63, 3.8) is 0 Å². The van der Waals surface area contributed by atoms with Gasteiger partial charge >= 0.3 is 0 Å². The molecule has 3 rings (SSSR count). The molecule has 0 saturated heterocycles. The molecular formula is C18H12NO4S-. The summed E-state index contributed by atoms with van der Waals surface area (Å²) < 4.78 is 5.63. The van der Waals surface area contributed by atoms with E-state index in [1.165, 1.54) is 5.38 Å². The van der Waals surface area contributed by atoms with Crippen molar-refractivity contribution in [1.82, 2.24) is 4.98 Å². The zero-order valence-corrected chi connectivity index (χ0v) is 13.3. The number of ketones is 1. The summed E-state index contributed by atoms with van der Waals surface area (Å²) in [7, 11) is 0. The molecule has 0 bridgehead atoms. The summed E-state index contributed by atoms with van der Waals surface area (Å²) in [4.78, 5) is 26.5. The van der Waals surface area contributed by atoms with Crippen molar-refractivity contribution < 1.29 is 19.4 Å². The molecule has 1 heterocycles. The van der Waals surface area contributed by atoms with E-state index in [9.17, 15) is 14.7 Å². The largest absolute Gasteiger partial charge is 0.543 e. The number of nitrogens with zero attached hydrogens (tertiary/aromatic N) is 1. The second-order valence-electron chi connectivity index (χ2n) is 4.90. The second kappa shape index (κ2) is 7.06. The van der Waals surface area contributed by atoms with Crippen LogP contribution >= 0.6 is 11.3 Å². The molecule has 0 N–H and O–H groups in total. The van der Waals surface area contributed by atoms with Crippen LogP contribution in [-0.4, -0.2) is 23.3 Å². The Bertz CT molecular complexity index is 873.